The molecule has 1 unspecified atom stereocenters. The van der Waals surface area contributed by atoms with E-state index in [1.807, 2.05) is 11.4 Å². The molecule has 1 aliphatic heterocycles. The van der Waals surface area contributed by atoms with Crippen LogP contribution in [0.4, 0.5) is 5.13 Å². The molecule has 0 N–H and O–H groups in total. The van der Waals surface area contributed by atoms with Crippen molar-refractivity contribution < 1.29 is 14.3 Å². The third-order valence-electron chi connectivity index (χ3n) is 4.78. The summed E-state index contributed by atoms with van der Waals surface area (Å²) in [5, 5.41) is 3.52. The van der Waals surface area contributed by atoms with Crippen LogP contribution in [0.15, 0.2) is 41.9 Å². The number of carbonyl (C=O) groups is 1. The summed E-state index contributed by atoms with van der Waals surface area (Å²) in [5.74, 6) is 0.259. The highest BCUT2D eigenvalue weighted by atomic mass is 35.5. The van der Waals surface area contributed by atoms with E-state index in [9.17, 15) is 4.79 Å². The smallest absolute Gasteiger partial charge is 0.261 e. The van der Waals surface area contributed by atoms with Gasteiger partial charge < -0.3 is 9.47 Å². The molecule has 0 radical (unpaired) electrons. The molecule has 4 rings (SSSR count). The highest BCUT2D eigenvalue weighted by molar-refractivity contribution is 7.14. The van der Waals surface area contributed by atoms with E-state index < -0.39 is 0 Å². The summed E-state index contributed by atoms with van der Waals surface area (Å²) < 4.78 is 10.8. The molecular formula is C21H19Cl2N3O3S. The Morgan fingerprint density at radius 1 is 1.33 bits per heavy atom. The summed E-state index contributed by atoms with van der Waals surface area (Å²) in [4.78, 5) is 23.8. The van der Waals surface area contributed by atoms with Crippen molar-refractivity contribution in [3.8, 4) is 17.1 Å². The second-order valence-corrected chi connectivity index (χ2v) is 8.46. The maximum atomic E-state index is 13.3. The van der Waals surface area contributed by atoms with Crippen LogP contribution in [0, 0.1) is 0 Å². The van der Waals surface area contributed by atoms with Crippen LogP contribution in [0.5, 0.6) is 5.88 Å². The largest absolute Gasteiger partial charge is 0.481 e. The number of benzene rings is 1. The zero-order valence-corrected chi connectivity index (χ0v) is 18.5. The lowest BCUT2D eigenvalue weighted by molar-refractivity contribution is 0.0917. The monoisotopic (exact) mass is 463 g/mol. The normalized spacial score (nSPS) is 15.9. The molecule has 0 aliphatic carbocycles. The Morgan fingerprint density at radius 3 is 2.87 bits per heavy atom. The topological polar surface area (TPSA) is 64.5 Å². The van der Waals surface area contributed by atoms with Crippen LogP contribution in [0.1, 0.15) is 23.2 Å². The molecule has 1 saturated heterocycles. The van der Waals surface area contributed by atoms with Gasteiger partial charge in [0.1, 0.15) is 0 Å². The first-order chi connectivity index (χ1) is 14.5. The average molecular weight is 464 g/mol. The average Bonchev–Trinajstić information content (AvgIpc) is 3.44. The highest BCUT2D eigenvalue weighted by Gasteiger charge is 2.27. The molecule has 30 heavy (non-hydrogen) atoms. The minimum Gasteiger partial charge on any atom is -0.481 e. The lowest BCUT2D eigenvalue weighted by Gasteiger charge is -2.23. The number of hydrogen-bond acceptors (Lipinski definition) is 6. The van der Waals surface area contributed by atoms with Gasteiger partial charge in [-0.05, 0) is 37.1 Å². The highest BCUT2D eigenvalue weighted by Crippen LogP contribution is 2.34. The fourth-order valence-corrected chi connectivity index (χ4v) is 4.57. The minimum atomic E-state index is -0.191. The van der Waals surface area contributed by atoms with Crippen LogP contribution in [0.3, 0.4) is 0 Å². The van der Waals surface area contributed by atoms with Crippen molar-refractivity contribution in [2.45, 2.75) is 18.9 Å². The second kappa shape index (κ2) is 9.31. The van der Waals surface area contributed by atoms with Gasteiger partial charge in [-0.25, -0.2) is 9.97 Å². The summed E-state index contributed by atoms with van der Waals surface area (Å²) in [7, 11) is 1.53. The zero-order chi connectivity index (χ0) is 21.1. The van der Waals surface area contributed by atoms with E-state index in [0.29, 0.717) is 45.5 Å². The standard InChI is InChI=1S/C21H19Cl2N3O3S/c1-28-19-7-4-13(10-24-19)20(27)26(11-15-3-2-8-29-15)21-25-18(12-30-21)16-6-5-14(22)9-17(16)23/h4-7,9-10,12,15H,2-3,8,11H2,1H3. The van der Waals surface area contributed by atoms with Crippen molar-refractivity contribution in [3.05, 3.63) is 57.5 Å². The molecule has 156 valence electrons. The van der Waals surface area contributed by atoms with Crippen molar-refractivity contribution >= 4 is 45.6 Å². The molecule has 9 heteroatoms. The van der Waals surface area contributed by atoms with Crippen molar-refractivity contribution in [2.24, 2.45) is 0 Å². The summed E-state index contributed by atoms with van der Waals surface area (Å²) in [6.45, 7) is 1.13. The third-order valence-corrected chi connectivity index (χ3v) is 6.19. The van der Waals surface area contributed by atoms with Gasteiger partial charge in [0, 0.05) is 34.8 Å². The second-order valence-electron chi connectivity index (χ2n) is 6.78. The maximum absolute atomic E-state index is 13.3. The van der Waals surface area contributed by atoms with E-state index >= 15 is 0 Å². The molecule has 0 spiro atoms. The van der Waals surface area contributed by atoms with Gasteiger partial charge in [0.2, 0.25) is 5.88 Å². The van der Waals surface area contributed by atoms with E-state index in [2.05, 4.69) is 9.97 Å². The molecule has 1 amide bonds. The number of halogens is 2. The number of hydrogen-bond donors (Lipinski definition) is 0. The number of amides is 1. The maximum Gasteiger partial charge on any atom is 0.261 e. The lowest BCUT2D eigenvalue weighted by atomic mass is 10.2. The Balaban J connectivity index is 1.65. The first kappa shape index (κ1) is 21.1. The SMILES string of the molecule is COc1ccc(C(=O)N(CC2CCCO2)c2nc(-c3ccc(Cl)cc3Cl)cs2)cn1. The molecule has 0 saturated carbocycles. The number of aromatic nitrogens is 2. The Kier molecular flexibility index (Phi) is 6.53. The van der Waals surface area contributed by atoms with Crippen LogP contribution in [0.2, 0.25) is 10.0 Å². The van der Waals surface area contributed by atoms with E-state index in [4.69, 9.17) is 32.7 Å². The Hall–Kier alpha value is -2.19. The molecule has 1 aliphatic rings. The van der Waals surface area contributed by atoms with Crippen LogP contribution >= 0.6 is 34.5 Å². The number of rotatable bonds is 6. The molecule has 1 aromatic carbocycles. The van der Waals surface area contributed by atoms with Gasteiger partial charge in [0.25, 0.3) is 5.91 Å². The first-order valence-electron chi connectivity index (χ1n) is 9.39. The zero-order valence-electron chi connectivity index (χ0n) is 16.2. The third kappa shape index (κ3) is 4.59. The summed E-state index contributed by atoms with van der Waals surface area (Å²) in [6, 6.07) is 8.62. The fourth-order valence-electron chi connectivity index (χ4n) is 3.23. The number of thiazole rings is 1. The van der Waals surface area contributed by atoms with Gasteiger partial charge in [0.15, 0.2) is 5.13 Å². The molecule has 2 aromatic heterocycles. The lowest BCUT2D eigenvalue weighted by Crippen LogP contribution is -2.37. The molecule has 6 nitrogen and oxygen atoms in total. The van der Waals surface area contributed by atoms with Crippen LogP contribution in [-0.4, -0.2) is 42.2 Å². The molecular weight excluding hydrogens is 445 g/mol. The van der Waals surface area contributed by atoms with Crippen molar-refractivity contribution in [1.29, 1.82) is 0 Å². The Morgan fingerprint density at radius 2 is 2.20 bits per heavy atom. The van der Waals surface area contributed by atoms with Crippen molar-refractivity contribution in [1.82, 2.24) is 9.97 Å². The van der Waals surface area contributed by atoms with Gasteiger partial charge in [-0.2, -0.15) is 0 Å². The fraction of sp³-hybridized carbons (Fsp3) is 0.286. The number of ether oxygens (including phenoxy) is 2. The van der Waals surface area contributed by atoms with Gasteiger partial charge in [0.05, 0.1) is 36.0 Å². The van der Waals surface area contributed by atoms with Crippen LogP contribution < -0.4 is 9.64 Å². The first-order valence-corrected chi connectivity index (χ1v) is 11.0. The molecule has 3 heterocycles. The quantitative estimate of drug-likeness (QED) is 0.493. The summed E-state index contributed by atoms with van der Waals surface area (Å²) >= 11 is 13.7. The molecule has 0 bridgehead atoms. The van der Waals surface area contributed by atoms with Gasteiger partial charge in [-0.3, -0.25) is 9.69 Å². The van der Waals surface area contributed by atoms with E-state index in [1.165, 1.54) is 24.6 Å². The van der Waals surface area contributed by atoms with Gasteiger partial charge in [-0.15, -0.1) is 11.3 Å². The van der Waals surface area contributed by atoms with Gasteiger partial charge in [-0.1, -0.05) is 23.2 Å². The molecule has 3 aromatic rings. The Labute approximate surface area is 188 Å². The Bertz CT molecular complexity index is 1040. The van der Waals surface area contributed by atoms with Crippen LogP contribution in [0.25, 0.3) is 11.3 Å². The molecule has 1 atom stereocenters. The van der Waals surface area contributed by atoms with Crippen molar-refractivity contribution in [2.75, 3.05) is 25.2 Å². The van der Waals surface area contributed by atoms with Crippen molar-refractivity contribution in [3.63, 3.8) is 0 Å². The number of pyridine rings is 1. The summed E-state index contributed by atoms with van der Waals surface area (Å²) in [6.07, 6.45) is 3.38. The predicted octanol–water partition coefficient (Wildman–Crippen LogP) is 5.35. The van der Waals surface area contributed by atoms with E-state index in [0.717, 1.165) is 18.4 Å². The van der Waals surface area contributed by atoms with Crippen LogP contribution in [-0.2, 0) is 4.74 Å². The van der Waals surface area contributed by atoms with E-state index in [-0.39, 0.29) is 12.0 Å². The van der Waals surface area contributed by atoms with Gasteiger partial charge >= 0.3 is 0 Å². The minimum absolute atomic E-state index is 0.0216. The summed E-state index contributed by atoms with van der Waals surface area (Å²) in [5.41, 5.74) is 1.91. The predicted molar refractivity (Wildman–Crippen MR) is 119 cm³/mol. The molecule has 1 fully saturated rings. The number of carbonyl (C=O) groups excluding carboxylic acids is 1. The van der Waals surface area contributed by atoms with E-state index in [1.54, 1.807) is 29.2 Å². The number of anilines is 1. The number of methoxy groups -OCH3 is 1. The number of nitrogens with zero attached hydrogens (tertiary/aromatic N) is 3.